The first-order valence-corrected chi connectivity index (χ1v) is 17.2. The third-order valence-corrected chi connectivity index (χ3v) is 9.33. The van der Waals surface area contributed by atoms with Gasteiger partial charge in [-0.1, -0.05) is 25.3 Å². The molecule has 0 atom stereocenters. The molecule has 1 amide bonds. The van der Waals surface area contributed by atoms with Crippen molar-refractivity contribution >= 4 is 50.1 Å². The summed E-state index contributed by atoms with van der Waals surface area (Å²) in [7, 11) is 0. The number of fused-ring (bicyclic) bond motifs is 2. The first kappa shape index (κ1) is 33.3. The maximum atomic E-state index is 12.6. The molecule has 0 radical (unpaired) electrons. The molecule has 3 heterocycles. The fourth-order valence-electron chi connectivity index (χ4n) is 5.88. The fourth-order valence-corrected chi connectivity index (χ4v) is 6.69. The van der Waals surface area contributed by atoms with Gasteiger partial charge in [0.2, 0.25) is 0 Å². The number of benzene rings is 2. The van der Waals surface area contributed by atoms with Crippen molar-refractivity contribution in [3.05, 3.63) is 70.3 Å². The molecular formula is C35H44N4O6S. The lowest BCUT2D eigenvalue weighted by Gasteiger charge is -2.36. The number of piperazine rings is 1. The summed E-state index contributed by atoms with van der Waals surface area (Å²) in [6.07, 6.45) is 5.72. The van der Waals surface area contributed by atoms with Gasteiger partial charge in [0.05, 0.1) is 12.1 Å². The molecule has 2 aromatic heterocycles. The van der Waals surface area contributed by atoms with Crippen LogP contribution in [0.2, 0.25) is 0 Å². The number of amides is 1. The number of carboxylic acids is 1. The number of nitrogens with zero attached hydrogens (tertiary/aromatic N) is 3. The summed E-state index contributed by atoms with van der Waals surface area (Å²) < 4.78 is 14.2. The lowest BCUT2D eigenvalue weighted by atomic mass is 10.1. The second kappa shape index (κ2) is 17.0. The molecular weight excluding hydrogens is 604 g/mol. The van der Waals surface area contributed by atoms with Crippen molar-refractivity contribution < 1.29 is 24.2 Å². The van der Waals surface area contributed by atoms with Crippen molar-refractivity contribution in [2.75, 3.05) is 50.8 Å². The highest BCUT2D eigenvalue weighted by Gasteiger charge is 2.18. The number of ether oxygens (including phenoxy) is 2. The Labute approximate surface area is 273 Å². The fraction of sp³-hybridized carbons (Fsp3) is 0.457. The van der Waals surface area contributed by atoms with E-state index in [-0.39, 0.29) is 18.7 Å². The zero-order valence-corrected chi connectivity index (χ0v) is 27.1. The first-order valence-electron chi connectivity index (χ1n) is 16.3. The molecule has 5 rings (SSSR count). The van der Waals surface area contributed by atoms with E-state index in [1.165, 1.54) is 26.4 Å². The molecule has 0 saturated carbocycles. The molecule has 2 aromatic carbocycles. The molecule has 46 heavy (non-hydrogen) atoms. The number of thiophene rings is 1. The normalized spacial score (nSPS) is 13.7. The number of unbranched alkanes of at least 4 members (excludes halogenated alkanes) is 5. The van der Waals surface area contributed by atoms with Crippen LogP contribution in [0.5, 0.6) is 5.75 Å². The van der Waals surface area contributed by atoms with Crippen molar-refractivity contribution in [1.82, 2.24) is 14.8 Å². The van der Waals surface area contributed by atoms with Gasteiger partial charge in [0.1, 0.15) is 5.75 Å². The summed E-state index contributed by atoms with van der Waals surface area (Å²) in [6.45, 7) is 6.07. The van der Waals surface area contributed by atoms with Crippen LogP contribution < -0.4 is 20.5 Å². The SMILES string of the molecule is O=C(O)CCCCCCCNC(=O)OCn1c(=O)ccc2ccc(OCCCCN3CCN(c4cccc5sccc45)CC3)cc21. The van der Waals surface area contributed by atoms with Crippen LogP contribution in [0.15, 0.2) is 64.8 Å². The Hall–Kier alpha value is -4.09. The van der Waals surface area contributed by atoms with Gasteiger partial charge in [-0.2, -0.15) is 0 Å². The third kappa shape index (κ3) is 9.46. The standard InChI is InChI=1S/C35H44N4O6S/c40-33-15-13-27-12-14-28(25-31(27)39(33)26-45-35(43)36-17-5-3-1-2-4-11-34(41)42)44-23-7-6-18-37-19-21-38(22-20-37)30-9-8-10-32-29(30)16-24-46-32/h8-10,12-16,24-25H,1-7,11,17-23,26H2,(H,36,43)(H,41,42). The van der Waals surface area contributed by atoms with Gasteiger partial charge in [0.25, 0.3) is 5.56 Å². The molecule has 246 valence electrons. The minimum absolute atomic E-state index is 0.194. The largest absolute Gasteiger partial charge is 0.494 e. The summed E-state index contributed by atoms with van der Waals surface area (Å²) in [5, 5.41) is 15.8. The van der Waals surface area contributed by atoms with Crippen molar-refractivity contribution in [2.45, 2.75) is 58.1 Å². The second-order valence-corrected chi connectivity index (χ2v) is 12.7. The Morgan fingerprint density at radius 2 is 1.70 bits per heavy atom. The number of pyridine rings is 1. The molecule has 1 saturated heterocycles. The minimum atomic E-state index is -0.770. The Morgan fingerprint density at radius 3 is 2.54 bits per heavy atom. The van der Waals surface area contributed by atoms with E-state index in [1.807, 2.05) is 18.2 Å². The smallest absolute Gasteiger partial charge is 0.408 e. The number of alkyl carbamates (subject to hydrolysis) is 1. The van der Waals surface area contributed by atoms with Gasteiger partial charge in [0.15, 0.2) is 6.73 Å². The number of aromatic nitrogens is 1. The number of hydrogen-bond donors (Lipinski definition) is 2. The van der Waals surface area contributed by atoms with Crippen LogP contribution in [-0.4, -0.2) is 72.5 Å². The molecule has 1 fully saturated rings. The quantitative estimate of drug-likeness (QED) is 0.128. The highest BCUT2D eigenvalue weighted by Crippen LogP contribution is 2.31. The van der Waals surface area contributed by atoms with E-state index in [2.05, 4.69) is 44.8 Å². The monoisotopic (exact) mass is 648 g/mol. The topological polar surface area (TPSA) is 113 Å². The predicted molar refractivity (Wildman–Crippen MR) is 183 cm³/mol. The van der Waals surface area contributed by atoms with Crippen molar-refractivity contribution in [1.29, 1.82) is 0 Å². The van der Waals surface area contributed by atoms with Crippen LogP contribution in [0, 0.1) is 0 Å². The van der Waals surface area contributed by atoms with Crippen LogP contribution in [0.4, 0.5) is 10.5 Å². The number of aliphatic carboxylic acids is 1. The van der Waals surface area contributed by atoms with Gasteiger partial charge >= 0.3 is 12.1 Å². The number of rotatable bonds is 17. The Balaban J connectivity index is 1.01. The predicted octanol–water partition coefficient (Wildman–Crippen LogP) is 6.31. The lowest BCUT2D eigenvalue weighted by molar-refractivity contribution is -0.137. The summed E-state index contributed by atoms with van der Waals surface area (Å²) in [5.41, 5.74) is 1.73. The van der Waals surface area contributed by atoms with E-state index in [0.717, 1.165) is 76.6 Å². The second-order valence-electron chi connectivity index (χ2n) is 11.7. The van der Waals surface area contributed by atoms with Gasteiger partial charge in [-0.25, -0.2) is 4.79 Å². The summed E-state index contributed by atoms with van der Waals surface area (Å²) in [6, 6.07) is 17.7. The molecule has 11 heteroatoms. The summed E-state index contributed by atoms with van der Waals surface area (Å²) in [4.78, 5) is 40.5. The molecule has 0 bridgehead atoms. The molecule has 1 aliphatic heterocycles. The number of anilines is 1. The Kier molecular flexibility index (Phi) is 12.3. The van der Waals surface area contributed by atoms with Gasteiger partial charge < -0.3 is 24.8 Å². The number of hydrogen-bond acceptors (Lipinski definition) is 8. The average Bonchev–Trinajstić information content (AvgIpc) is 3.55. The van der Waals surface area contributed by atoms with E-state index in [0.29, 0.717) is 30.8 Å². The maximum absolute atomic E-state index is 12.6. The zero-order valence-electron chi connectivity index (χ0n) is 26.3. The number of carbonyl (C=O) groups is 2. The van der Waals surface area contributed by atoms with Crippen molar-refractivity contribution in [3.63, 3.8) is 0 Å². The third-order valence-electron chi connectivity index (χ3n) is 8.45. The number of carbonyl (C=O) groups excluding carboxylic acids is 1. The van der Waals surface area contributed by atoms with Gasteiger partial charge in [-0.3, -0.25) is 19.1 Å². The lowest BCUT2D eigenvalue weighted by Crippen LogP contribution is -2.46. The van der Waals surface area contributed by atoms with Gasteiger partial charge in [-0.05, 0) is 79.4 Å². The average molecular weight is 649 g/mol. The van der Waals surface area contributed by atoms with E-state index >= 15 is 0 Å². The molecule has 2 N–H and O–H groups in total. The van der Waals surface area contributed by atoms with Crippen LogP contribution >= 0.6 is 11.3 Å². The number of carboxylic acid groups (broad SMARTS) is 1. The van der Waals surface area contributed by atoms with E-state index < -0.39 is 12.1 Å². The molecule has 0 spiro atoms. The summed E-state index contributed by atoms with van der Waals surface area (Å²) >= 11 is 1.80. The molecule has 1 aliphatic rings. The van der Waals surface area contributed by atoms with Crippen LogP contribution in [0.3, 0.4) is 0 Å². The highest BCUT2D eigenvalue weighted by atomic mass is 32.1. The molecule has 4 aromatic rings. The maximum Gasteiger partial charge on any atom is 0.408 e. The Bertz CT molecular complexity index is 1650. The van der Waals surface area contributed by atoms with Crippen LogP contribution in [-0.2, 0) is 16.3 Å². The molecule has 0 aliphatic carbocycles. The molecule has 10 nitrogen and oxygen atoms in total. The summed E-state index contributed by atoms with van der Waals surface area (Å²) in [5.74, 6) is -0.0930. The zero-order chi connectivity index (χ0) is 32.1. The molecule has 0 unspecified atom stereocenters. The number of nitrogens with one attached hydrogen (secondary N) is 1. The minimum Gasteiger partial charge on any atom is -0.494 e. The van der Waals surface area contributed by atoms with Crippen molar-refractivity contribution in [2.24, 2.45) is 0 Å². The van der Waals surface area contributed by atoms with E-state index in [1.54, 1.807) is 17.4 Å². The van der Waals surface area contributed by atoms with Gasteiger partial charge in [-0.15, -0.1) is 11.3 Å². The van der Waals surface area contributed by atoms with E-state index in [9.17, 15) is 14.4 Å². The van der Waals surface area contributed by atoms with Crippen LogP contribution in [0.1, 0.15) is 51.4 Å². The highest BCUT2D eigenvalue weighted by molar-refractivity contribution is 7.17. The van der Waals surface area contributed by atoms with Crippen molar-refractivity contribution in [3.8, 4) is 5.75 Å². The Morgan fingerprint density at radius 1 is 0.891 bits per heavy atom. The van der Waals surface area contributed by atoms with Gasteiger partial charge in [0, 0.05) is 67.1 Å². The first-order chi connectivity index (χ1) is 22.5. The van der Waals surface area contributed by atoms with E-state index in [4.69, 9.17) is 14.6 Å². The van der Waals surface area contributed by atoms with Crippen LogP contribution in [0.25, 0.3) is 21.0 Å².